The Morgan fingerprint density at radius 3 is 2.73 bits per heavy atom. The van der Waals surface area contributed by atoms with Crippen LogP contribution < -0.4 is 5.73 Å². The summed E-state index contributed by atoms with van der Waals surface area (Å²) in [5, 5.41) is 1.29. The van der Waals surface area contributed by atoms with Crippen molar-refractivity contribution >= 4 is 28.1 Å². The summed E-state index contributed by atoms with van der Waals surface area (Å²) in [7, 11) is 0. The third kappa shape index (κ3) is 3.61. The average Bonchev–Trinajstić information content (AvgIpc) is 2.94. The summed E-state index contributed by atoms with van der Waals surface area (Å²) in [6.45, 7) is 0. The first-order valence-corrected chi connectivity index (χ1v) is 8.19. The predicted octanol–water partition coefficient (Wildman–Crippen LogP) is 4.01. The maximum Gasteiger partial charge on any atom is 0.180 e. The zero-order valence-corrected chi connectivity index (χ0v) is 13.4. The van der Waals surface area contributed by atoms with Crippen LogP contribution in [0.3, 0.4) is 0 Å². The fourth-order valence-corrected chi connectivity index (χ4v) is 3.14. The second kappa shape index (κ2) is 6.85. The van der Waals surface area contributed by atoms with Gasteiger partial charge in [0.2, 0.25) is 0 Å². The Bertz CT molecular complexity index is 772. The van der Waals surface area contributed by atoms with Crippen LogP contribution in [-0.2, 0) is 12.8 Å². The molecule has 2 heterocycles. The molecular formula is C16H15ClN4S. The molecule has 0 aliphatic rings. The highest BCUT2D eigenvalue weighted by molar-refractivity contribution is 7.15. The van der Waals surface area contributed by atoms with E-state index in [9.17, 15) is 0 Å². The molecule has 0 radical (unpaired) electrons. The molecule has 0 fully saturated rings. The summed E-state index contributed by atoms with van der Waals surface area (Å²) < 4.78 is 0. The number of nitrogen functional groups attached to an aromatic ring is 1. The third-order valence-corrected chi connectivity index (χ3v) is 4.47. The Balaban J connectivity index is 1.68. The number of benzene rings is 1. The van der Waals surface area contributed by atoms with E-state index in [0.717, 1.165) is 30.5 Å². The molecule has 0 bridgehead atoms. The van der Waals surface area contributed by atoms with Gasteiger partial charge in [0, 0.05) is 28.5 Å². The highest BCUT2D eigenvalue weighted by atomic mass is 35.5. The van der Waals surface area contributed by atoms with Crippen LogP contribution in [0.1, 0.15) is 17.0 Å². The van der Waals surface area contributed by atoms with Crippen molar-refractivity contribution in [1.29, 1.82) is 0 Å². The number of thiazole rings is 1. The van der Waals surface area contributed by atoms with Gasteiger partial charge < -0.3 is 5.73 Å². The molecule has 1 aromatic carbocycles. The quantitative estimate of drug-likeness (QED) is 0.767. The molecule has 2 N–H and O–H groups in total. The van der Waals surface area contributed by atoms with Gasteiger partial charge in [-0.05, 0) is 37.5 Å². The summed E-state index contributed by atoms with van der Waals surface area (Å²) in [6.07, 6.45) is 6.47. The number of halogens is 1. The van der Waals surface area contributed by atoms with Crippen molar-refractivity contribution in [3.05, 3.63) is 58.3 Å². The fraction of sp³-hybridized carbons (Fsp3) is 0.188. The van der Waals surface area contributed by atoms with Crippen LogP contribution in [0.25, 0.3) is 11.4 Å². The van der Waals surface area contributed by atoms with Gasteiger partial charge in [-0.3, -0.25) is 0 Å². The lowest BCUT2D eigenvalue weighted by Gasteiger charge is -2.05. The second-order valence-corrected chi connectivity index (χ2v) is 6.42. The third-order valence-electron chi connectivity index (χ3n) is 3.26. The van der Waals surface area contributed by atoms with Gasteiger partial charge in [-0.15, -0.1) is 11.3 Å². The molecule has 6 heteroatoms. The van der Waals surface area contributed by atoms with Gasteiger partial charge in [-0.25, -0.2) is 15.0 Å². The number of hydrogen-bond donors (Lipinski definition) is 1. The Morgan fingerprint density at radius 1 is 1.09 bits per heavy atom. The van der Waals surface area contributed by atoms with Crippen molar-refractivity contribution < 1.29 is 0 Å². The zero-order chi connectivity index (χ0) is 15.4. The van der Waals surface area contributed by atoms with Crippen LogP contribution in [0, 0.1) is 0 Å². The second-order valence-electron chi connectivity index (χ2n) is 4.87. The molecule has 22 heavy (non-hydrogen) atoms. The summed E-state index contributed by atoms with van der Waals surface area (Å²) in [6, 6.07) is 9.56. The molecule has 0 aliphatic carbocycles. The van der Waals surface area contributed by atoms with Crippen molar-refractivity contribution in [2.45, 2.75) is 19.3 Å². The monoisotopic (exact) mass is 330 g/mol. The molecule has 0 aliphatic heterocycles. The van der Waals surface area contributed by atoms with E-state index in [2.05, 4.69) is 15.0 Å². The van der Waals surface area contributed by atoms with Crippen LogP contribution >= 0.6 is 22.9 Å². The van der Waals surface area contributed by atoms with E-state index in [1.165, 1.54) is 4.88 Å². The van der Waals surface area contributed by atoms with Crippen molar-refractivity contribution in [2.75, 3.05) is 5.73 Å². The fourth-order valence-electron chi connectivity index (χ4n) is 2.19. The van der Waals surface area contributed by atoms with Crippen molar-refractivity contribution in [1.82, 2.24) is 15.0 Å². The maximum absolute atomic E-state index is 6.20. The lowest BCUT2D eigenvalue weighted by molar-refractivity contribution is 0.803. The molecule has 0 unspecified atom stereocenters. The van der Waals surface area contributed by atoms with E-state index in [-0.39, 0.29) is 0 Å². The lowest BCUT2D eigenvalue weighted by Crippen LogP contribution is -1.96. The Morgan fingerprint density at radius 2 is 1.95 bits per heavy atom. The number of anilines is 1. The minimum Gasteiger partial charge on any atom is -0.375 e. The first kappa shape index (κ1) is 14.9. The van der Waals surface area contributed by atoms with Gasteiger partial charge in [0.05, 0.1) is 5.02 Å². The first-order valence-electron chi connectivity index (χ1n) is 6.99. The van der Waals surface area contributed by atoms with Crippen molar-refractivity contribution in [3.63, 3.8) is 0 Å². The standard InChI is InChI=1S/C16H15ClN4S/c17-14-7-2-1-6-13(14)15-19-9-8-11(21-15)4-3-5-12-10-20-16(18)22-12/h1-2,6-10H,3-5H2,(H2,18,20). The average molecular weight is 331 g/mol. The van der Waals surface area contributed by atoms with E-state index in [1.807, 2.05) is 36.5 Å². The van der Waals surface area contributed by atoms with Gasteiger partial charge in [0.25, 0.3) is 0 Å². The van der Waals surface area contributed by atoms with Crippen LogP contribution in [0.15, 0.2) is 42.7 Å². The van der Waals surface area contributed by atoms with E-state index in [4.69, 9.17) is 17.3 Å². The summed E-state index contributed by atoms with van der Waals surface area (Å²) in [5.74, 6) is 0.671. The molecule has 3 rings (SSSR count). The topological polar surface area (TPSA) is 64.7 Å². The normalized spacial score (nSPS) is 10.8. The van der Waals surface area contributed by atoms with Crippen molar-refractivity contribution in [3.8, 4) is 11.4 Å². The van der Waals surface area contributed by atoms with Gasteiger partial charge >= 0.3 is 0 Å². The van der Waals surface area contributed by atoms with Crippen LogP contribution in [0.4, 0.5) is 5.13 Å². The van der Waals surface area contributed by atoms with E-state index < -0.39 is 0 Å². The van der Waals surface area contributed by atoms with Crippen LogP contribution in [-0.4, -0.2) is 15.0 Å². The number of rotatable bonds is 5. The molecule has 0 amide bonds. The number of aromatic nitrogens is 3. The summed E-state index contributed by atoms with van der Waals surface area (Å²) >= 11 is 7.74. The molecule has 0 saturated heterocycles. The van der Waals surface area contributed by atoms with Crippen LogP contribution in [0.5, 0.6) is 0 Å². The van der Waals surface area contributed by atoms with E-state index >= 15 is 0 Å². The number of aryl methyl sites for hydroxylation is 2. The summed E-state index contributed by atoms with van der Waals surface area (Å²) in [5.41, 5.74) is 7.51. The van der Waals surface area contributed by atoms with Gasteiger partial charge in [-0.1, -0.05) is 23.7 Å². The highest BCUT2D eigenvalue weighted by Crippen LogP contribution is 2.24. The largest absolute Gasteiger partial charge is 0.375 e. The Kier molecular flexibility index (Phi) is 4.65. The van der Waals surface area contributed by atoms with Crippen molar-refractivity contribution in [2.24, 2.45) is 0 Å². The van der Waals surface area contributed by atoms with Gasteiger partial charge in [0.15, 0.2) is 11.0 Å². The zero-order valence-electron chi connectivity index (χ0n) is 11.9. The Hall–Kier alpha value is -1.98. The van der Waals surface area contributed by atoms with E-state index in [0.29, 0.717) is 16.0 Å². The smallest absolute Gasteiger partial charge is 0.180 e. The maximum atomic E-state index is 6.20. The first-order chi connectivity index (χ1) is 10.7. The molecular weight excluding hydrogens is 316 g/mol. The SMILES string of the molecule is Nc1ncc(CCCc2ccnc(-c3ccccc3Cl)n2)s1. The molecule has 4 nitrogen and oxygen atoms in total. The predicted molar refractivity (Wildman–Crippen MR) is 91.0 cm³/mol. The van der Waals surface area contributed by atoms with Gasteiger partial charge in [0.1, 0.15) is 0 Å². The highest BCUT2D eigenvalue weighted by Gasteiger charge is 2.07. The molecule has 0 saturated carbocycles. The van der Waals surface area contributed by atoms with Crippen LogP contribution in [0.2, 0.25) is 5.02 Å². The van der Waals surface area contributed by atoms with E-state index in [1.54, 1.807) is 17.5 Å². The Labute approximate surface area is 138 Å². The minimum absolute atomic E-state index is 0.623. The molecule has 112 valence electrons. The number of nitrogens with two attached hydrogens (primary N) is 1. The lowest BCUT2D eigenvalue weighted by atomic mass is 10.1. The minimum atomic E-state index is 0.623. The molecule has 3 aromatic rings. The van der Waals surface area contributed by atoms with Gasteiger partial charge in [-0.2, -0.15) is 0 Å². The number of nitrogens with zero attached hydrogens (tertiary/aromatic N) is 3. The number of hydrogen-bond acceptors (Lipinski definition) is 5. The molecule has 0 spiro atoms. The molecule has 2 aromatic heterocycles. The molecule has 0 atom stereocenters. The summed E-state index contributed by atoms with van der Waals surface area (Å²) in [4.78, 5) is 14.2.